The summed E-state index contributed by atoms with van der Waals surface area (Å²) in [7, 11) is 0. The monoisotopic (exact) mass is 334 g/mol. The largest absolute Gasteiger partial charge is 0.0622 e. The Kier molecular flexibility index (Phi) is 4.41. The van der Waals surface area contributed by atoms with Gasteiger partial charge in [-0.3, -0.25) is 0 Å². The van der Waals surface area contributed by atoms with Crippen molar-refractivity contribution in [2.24, 2.45) is 0 Å². The Morgan fingerprint density at radius 2 is 0.923 bits per heavy atom. The second-order valence-corrected chi connectivity index (χ2v) is 6.79. The molecule has 0 spiro atoms. The quantitative estimate of drug-likeness (QED) is 0.368. The van der Waals surface area contributed by atoms with Crippen molar-refractivity contribution in [1.29, 1.82) is 0 Å². The second-order valence-electron chi connectivity index (χ2n) is 6.79. The number of benzene rings is 4. The van der Waals surface area contributed by atoms with Gasteiger partial charge in [-0.05, 0) is 64.4 Å². The highest BCUT2D eigenvalue weighted by Gasteiger charge is 2.10. The molecule has 0 nitrogen and oxygen atoms in total. The summed E-state index contributed by atoms with van der Waals surface area (Å²) >= 11 is 0. The van der Waals surface area contributed by atoms with E-state index in [0.717, 1.165) is 0 Å². The van der Waals surface area contributed by atoms with Gasteiger partial charge in [-0.1, -0.05) is 91.0 Å². The molecule has 0 bridgehead atoms. The van der Waals surface area contributed by atoms with Crippen LogP contribution in [0.4, 0.5) is 0 Å². The normalized spacial score (nSPS) is 10.7. The summed E-state index contributed by atoms with van der Waals surface area (Å²) in [6.45, 7) is 4.34. The van der Waals surface area contributed by atoms with Crippen LogP contribution in [0.3, 0.4) is 0 Å². The molecule has 0 heteroatoms. The van der Waals surface area contributed by atoms with Gasteiger partial charge in [-0.15, -0.1) is 0 Å². The van der Waals surface area contributed by atoms with Gasteiger partial charge in [0.25, 0.3) is 0 Å². The molecule has 26 heavy (non-hydrogen) atoms. The Balaban J connectivity index is 1.91. The van der Waals surface area contributed by atoms with Crippen LogP contribution in [0.15, 0.2) is 97.1 Å². The van der Waals surface area contributed by atoms with Crippen LogP contribution in [-0.2, 0) is 0 Å². The van der Waals surface area contributed by atoms with Gasteiger partial charge in [0, 0.05) is 0 Å². The molecule has 0 aliphatic carbocycles. The highest BCUT2D eigenvalue weighted by atomic mass is 14.1. The van der Waals surface area contributed by atoms with E-state index in [9.17, 15) is 0 Å². The van der Waals surface area contributed by atoms with E-state index in [1.807, 2.05) is 0 Å². The number of hydrogen-bond donors (Lipinski definition) is 0. The van der Waals surface area contributed by atoms with Crippen LogP contribution in [-0.4, -0.2) is 0 Å². The van der Waals surface area contributed by atoms with Gasteiger partial charge >= 0.3 is 0 Å². The fourth-order valence-electron chi connectivity index (χ4n) is 3.37. The SMILES string of the molecule is Cc1ccc(-c2ccc(-c3ccccc3)c(-c3ccccc3)c2)cc1C. The van der Waals surface area contributed by atoms with Crippen molar-refractivity contribution in [2.75, 3.05) is 0 Å². The second kappa shape index (κ2) is 7.01. The third-order valence-electron chi connectivity index (χ3n) is 5.03. The zero-order valence-corrected chi connectivity index (χ0v) is 15.2. The predicted molar refractivity (Wildman–Crippen MR) is 112 cm³/mol. The summed E-state index contributed by atoms with van der Waals surface area (Å²) in [5.41, 5.74) is 10.2. The highest BCUT2D eigenvalue weighted by Crippen LogP contribution is 2.36. The van der Waals surface area contributed by atoms with Crippen molar-refractivity contribution < 1.29 is 0 Å². The summed E-state index contributed by atoms with van der Waals surface area (Å²) in [6.07, 6.45) is 0. The molecule has 0 aliphatic rings. The molecule has 0 saturated heterocycles. The molecule has 0 saturated carbocycles. The van der Waals surface area contributed by atoms with E-state index in [1.54, 1.807) is 0 Å². The van der Waals surface area contributed by atoms with Gasteiger partial charge in [0.15, 0.2) is 0 Å². The van der Waals surface area contributed by atoms with Crippen molar-refractivity contribution in [3.63, 3.8) is 0 Å². The number of hydrogen-bond acceptors (Lipinski definition) is 0. The average molecular weight is 334 g/mol. The summed E-state index contributed by atoms with van der Waals surface area (Å²) in [4.78, 5) is 0. The Bertz CT molecular complexity index is 1030. The smallest absolute Gasteiger partial charge is 0.00992 e. The van der Waals surface area contributed by atoms with E-state index in [0.29, 0.717) is 0 Å². The van der Waals surface area contributed by atoms with Crippen LogP contribution in [0, 0.1) is 13.8 Å². The molecule has 0 fully saturated rings. The Morgan fingerprint density at radius 3 is 1.54 bits per heavy atom. The van der Waals surface area contributed by atoms with Gasteiger partial charge in [-0.25, -0.2) is 0 Å². The third kappa shape index (κ3) is 3.19. The molecule has 4 aromatic carbocycles. The first-order chi connectivity index (χ1) is 12.7. The zero-order chi connectivity index (χ0) is 17.9. The minimum absolute atomic E-state index is 1.25. The molecule has 0 unspecified atom stereocenters. The van der Waals surface area contributed by atoms with Gasteiger partial charge < -0.3 is 0 Å². The molecule has 0 aliphatic heterocycles. The Morgan fingerprint density at radius 1 is 0.385 bits per heavy atom. The van der Waals surface area contributed by atoms with Crippen LogP contribution < -0.4 is 0 Å². The van der Waals surface area contributed by atoms with E-state index in [2.05, 4.69) is 111 Å². The van der Waals surface area contributed by atoms with Crippen molar-refractivity contribution in [3.05, 3.63) is 108 Å². The summed E-state index contributed by atoms with van der Waals surface area (Å²) in [5, 5.41) is 0. The molecule has 0 heterocycles. The number of aryl methyl sites for hydroxylation is 2. The maximum absolute atomic E-state index is 2.32. The van der Waals surface area contributed by atoms with Crippen LogP contribution in [0.1, 0.15) is 11.1 Å². The molecule has 0 amide bonds. The minimum atomic E-state index is 1.25. The average Bonchev–Trinajstić information content (AvgIpc) is 2.71. The molecular weight excluding hydrogens is 312 g/mol. The van der Waals surface area contributed by atoms with Crippen LogP contribution >= 0.6 is 0 Å². The van der Waals surface area contributed by atoms with Crippen molar-refractivity contribution in [1.82, 2.24) is 0 Å². The van der Waals surface area contributed by atoms with Gasteiger partial charge in [0.1, 0.15) is 0 Å². The molecule has 0 N–H and O–H groups in total. The lowest BCUT2D eigenvalue weighted by Gasteiger charge is -2.14. The standard InChI is InChI=1S/C26H22/c1-19-13-14-23(17-20(19)2)24-15-16-25(21-9-5-3-6-10-21)26(18-24)22-11-7-4-8-12-22/h3-18H,1-2H3. The van der Waals surface area contributed by atoms with E-state index < -0.39 is 0 Å². The van der Waals surface area contributed by atoms with Gasteiger partial charge in [0.2, 0.25) is 0 Å². The molecular formula is C26H22. The van der Waals surface area contributed by atoms with Crippen molar-refractivity contribution in [2.45, 2.75) is 13.8 Å². The topological polar surface area (TPSA) is 0 Å². The highest BCUT2D eigenvalue weighted by molar-refractivity contribution is 5.87. The van der Waals surface area contributed by atoms with Crippen LogP contribution in [0.2, 0.25) is 0 Å². The molecule has 0 aromatic heterocycles. The molecule has 126 valence electrons. The first-order valence-electron chi connectivity index (χ1n) is 9.05. The predicted octanol–water partition coefficient (Wildman–Crippen LogP) is 7.30. The van der Waals surface area contributed by atoms with Crippen LogP contribution in [0.25, 0.3) is 33.4 Å². The first-order valence-corrected chi connectivity index (χ1v) is 9.05. The Hall–Kier alpha value is -3.12. The van der Waals surface area contributed by atoms with Crippen molar-refractivity contribution >= 4 is 0 Å². The zero-order valence-electron chi connectivity index (χ0n) is 15.2. The van der Waals surface area contributed by atoms with E-state index in [1.165, 1.54) is 44.5 Å². The fraction of sp³-hybridized carbons (Fsp3) is 0.0769. The van der Waals surface area contributed by atoms with Crippen LogP contribution in [0.5, 0.6) is 0 Å². The maximum atomic E-state index is 2.32. The van der Waals surface area contributed by atoms with Crippen molar-refractivity contribution in [3.8, 4) is 33.4 Å². The molecule has 0 radical (unpaired) electrons. The lowest BCUT2D eigenvalue weighted by molar-refractivity contribution is 1.34. The maximum Gasteiger partial charge on any atom is -0.00992 e. The van der Waals surface area contributed by atoms with Gasteiger partial charge in [-0.2, -0.15) is 0 Å². The summed E-state index contributed by atoms with van der Waals surface area (Å²) in [5.74, 6) is 0. The summed E-state index contributed by atoms with van der Waals surface area (Å²) in [6, 6.07) is 34.8. The first kappa shape index (κ1) is 16.4. The fourth-order valence-corrected chi connectivity index (χ4v) is 3.37. The molecule has 4 rings (SSSR count). The lowest BCUT2D eigenvalue weighted by atomic mass is 9.90. The molecule has 4 aromatic rings. The van der Waals surface area contributed by atoms with E-state index in [-0.39, 0.29) is 0 Å². The lowest BCUT2D eigenvalue weighted by Crippen LogP contribution is -1.88. The minimum Gasteiger partial charge on any atom is -0.0622 e. The summed E-state index contributed by atoms with van der Waals surface area (Å²) < 4.78 is 0. The van der Waals surface area contributed by atoms with E-state index in [4.69, 9.17) is 0 Å². The number of rotatable bonds is 3. The van der Waals surface area contributed by atoms with Gasteiger partial charge in [0.05, 0.1) is 0 Å². The molecule has 0 atom stereocenters. The van der Waals surface area contributed by atoms with E-state index >= 15 is 0 Å². The Labute approximate surface area is 155 Å². The third-order valence-corrected chi connectivity index (χ3v) is 5.03.